The highest BCUT2D eigenvalue weighted by molar-refractivity contribution is 5.91. The van der Waals surface area contributed by atoms with Crippen LogP contribution in [0.2, 0.25) is 0 Å². The lowest BCUT2D eigenvalue weighted by molar-refractivity contribution is -0.145. The summed E-state index contributed by atoms with van der Waals surface area (Å²) in [7, 11) is 0. The molecule has 3 rings (SSSR count). The molecule has 0 unspecified atom stereocenters. The Morgan fingerprint density at radius 3 is 1.46 bits per heavy atom. The van der Waals surface area contributed by atoms with E-state index in [0.717, 1.165) is 23.3 Å². The van der Waals surface area contributed by atoms with Crippen LogP contribution in [0.4, 0.5) is 0 Å². The fourth-order valence-corrected chi connectivity index (χ4v) is 2.74. The topological polar surface area (TPSA) is 97.4 Å². The van der Waals surface area contributed by atoms with Crippen LogP contribution in [-0.2, 0) is 19.1 Å². The largest absolute Gasteiger partial charge is 0.457 e. The molecule has 0 aliphatic carbocycles. The van der Waals surface area contributed by atoms with Crippen LogP contribution in [0.15, 0.2) is 98.1 Å². The quantitative estimate of drug-likeness (QED) is 0.171. The first kappa shape index (κ1) is 24.8. The molecular formula is C27H22O8. The molecule has 0 amide bonds. The second kappa shape index (κ2) is 12.4. The zero-order chi connectivity index (χ0) is 25.0. The molecule has 0 aliphatic heterocycles. The molecule has 8 heteroatoms. The third kappa shape index (κ3) is 7.61. The third-order valence-corrected chi connectivity index (χ3v) is 4.53. The van der Waals surface area contributed by atoms with E-state index in [1.54, 1.807) is 60.7 Å². The van der Waals surface area contributed by atoms with Crippen molar-refractivity contribution >= 4 is 17.9 Å². The predicted molar refractivity (Wildman–Crippen MR) is 127 cm³/mol. The van der Waals surface area contributed by atoms with Crippen LogP contribution in [0.5, 0.6) is 17.2 Å². The maximum Gasteiger partial charge on any atom is 0.343 e. The summed E-state index contributed by atoms with van der Waals surface area (Å²) in [5.41, 5.74) is 2.19. The second-order valence-electron chi connectivity index (χ2n) is 6.82. The number of ether oxygens (including phenoxy) is 5. The van der Waals surface area contributed by atoms with Crippen molar-refractivity contribution in [2.24, 2.45) is 0 Å². The first-order chi connectivity index (χ1) is 17.0. The molecular weight excluding hydrogens is 452 g/mol. The summed E-state index contributed by atoms with van der Waals surface area (Å²) in [6.45, 7) is 6.14. The Balaban J connectivity index is 1.52. The van der Waals surface area contributed by atoms with Gasteiger partial charge in [-0.05, 0) is 59.7 Å². The van der Waals surface area contributed by atoms with E-state index >= 15 is 0 Å². The first-order valence-corrected chi connectivity index (χ1v) is 10.3. The molecule has 8 nitrogen and oxygen atoms in total. The number of benzene rings is 3. The van der Waals surface area contributed by atoms with Gasteiger partial charge in [-0.3, -0.25) is 0 Å². The number of esters is 3. The molecule has 0 heterocycles. The monoisotopic (exact) mass is 474 g/mol. The minimum atomic E-state index is -0.587. The van der Waals surface area contributed by atoms with E-state index in [-0.39, 0.29) is 13.6 Å². The highest BCUT2D eigenvalue weighted by atomic mass is 16.7. The zero-order valence-electron chi connectivity index (χ0n) is 18.7. The van der Waals surface area contributed by atoms with E-state index in [0.29, 0.717) is 22.8 Å². The van der Waals surface area contributed by atoms with E-state index in [1.165, 1.54) is 0 Å². The van der Waals surface area contributed by atoms with Gasteiger partial charge in [-0.1, -0.05) is 37.4 Å². The molecule has 3 aromatic rings. The van der Waals surface area contributed by atoms with E-state index in [4.69, 9.17) is 23.7 Å². The van der Waals surface area contributed by atoms with Gasteiger partial charge in [0.15, 0.2) is 0 Å². The minimum Gasteiger partial charge on any atom is -0.457 e. The molecule has 0 fully saturated rings. The number of hydrogen-bond acceptors (Lipinski definition) is 8. The lowest BCUT2D eigenvalue weighted by Crippen LogP contribution is -2.09. The van der Waals surface area contributed by atoms with Crippen molar-refractivity contribution in [2.75, 3.05) is 13.6 Å². The summed E-state index contributed by atoms with van der Waals surface area (Å²) in [6.07, 6.45) is 2.10. The van der Waals surface area contributed by atoms with Crippen molar-refractivity contribution in [1.82, 2.24) is 0 Å². The smallest absolute Gasteiger partial charge is 0.343 e. The first-order valence-electron chi connectivity index (χ1n) is 10.3. The fraction of sp³-hybridized carbons (Fsp3) is 0.0741. The Bertz CT molecular complexity index is 1180. The lowest BCUT2D eigenvalue weighted by atomic mass is 10.0. The third-order valence-electron chi connectivity index (χ3n) is 4.53. The van der Waals surface area contributed by atoms with Crippen LogP contribution in [0, 0.1) is 0 Å². The molecule has 3 aromatic carbocycles. The molecule has 0 atom stereocenters. The molecule has 0 spiro atoms. The molecule has 0 aliphatic rings. The van der Waals surface area contributed by atoms with Crippen molar-refractivity contribution in [2.45, 2.75) is 0 Å². The lowest BCUT2D eigenvalue weighted by Gasteiger charge is -2.09. The number of carbonyl (C=O) groups is 3. The van der Waals surface area contributed by atoms with E-state index < -0.39 is 17.9 Å². The molecule has 0 saturated heterocycles. The van der Waals surface area contributed by atoms with Gasteiger partial charge in [-0.15, -0.1) is 0 Å². The van der Waals surface area contributed by atoms with Gasteiger partial charge in [-0.25, -0.2) is 14.4 Å². The van der Waals surface area contributed by atoms with E-state index in [1.807, 2.05) is 12.1 Å². The minimum absolute atomic E-state index is 0.206. The van der Waals surface area contributed by atoms with Crippen molar-refractivity contribution < 1.29 is 38.1 Å². The molecule has 0 saturated carbocycles. The molecule has 0 aromatic heterocycles. The summed E-state index contributed by atoms with van der Waals surface area (Å²) in [5, 5.41) is 0. The fourth-order valence-electron chi connectivity index (χ4n) is 2.74. The van der Waals surface area contributed by atoms with Crippen molar-refractivity contribution in [1.29, 1.82) is 0 Å². The Hall–Kier alpha value is -4.85. The van der Waals surface area contributed by atoms with Gasteiger partial charge >= 0.3 is 17.9 Å². The van der Waals surface area contributed by atoms with Gasteiger partial charge in [-0.2, -0.15) is 0 Å². The summed E-state index contributed by atoms with van der Waals surface area (Å²) < 4.78 is 25.5. The van der Waals surface area contributed by atoms with Gasteiger partial charge in [0, 0.05) is 12.2 Å². The van der Waals surface area contributed by atoms with Gasteiger partial charge in [0.25, 0.3) is 0 Å². The maximum atomic E-state index is 12.5. The van der Waals surface area contributed by atoms with E-state index in [2.05, 4.69) is 13.2 Å². The van der Waals surface area contributed by atoms with Crippen molar-refractivity contribution in [3.8, 4) is 28.4 Å². The standard InChI is InChI=1S/C27H22O8/c1-3-25(28)33-17-31-22-11-9-20(10-12-22)19-5-7-21(8-6-19)27(30)35-24-15-13-23(14-16-24)32-18-34-26(29)4-2/h3-16H,1-2,17-18H2. The van der Waals surface area contributed by atoms with Crippen LogP contribution in [0.25, 0.3) is 11.1 Å². The number of hydrogen-bond donors (Lipinski definition) is 0. The molecule has 0 N–H and O–H groups in total. The Morgan fingerprint density at radius 1 is 0.600 bits per heavy atom. The predicted octanol–water partition coefficient (Wildman–Crippen LogP) is 4.70. The SMILES string of the molecule is C=CC(=O)OCOc1ccc(OC(=O)c2ccc(-c3ccc(OCOC(=O)C=C)cc3)cc2)cc1. The molecule has 178 valence electrons. The van der Waals surface area contributed by atoms with Crippen LogP contribution < -0.4 is 14.2 Å². The summed E-state index contributed by atoms with van der Waals surface area (Å²) >= 11 is 0. The zero-order valence-corrected chi connectivity index (χ0v) is 18.7. The summed E-state index contributed by atoms with van der Waals surface area (Å²) in [5.74, 6) is -0.335. The molecule has 0 bridgehead atoms. The highest BCUT2D eigenvalue weighted by Crippen LogP contribution is 2.24. The number of carbonyl (C=O) groups excluding carboxylic acids is 3. The van der Waals surface area contributed by atoms with Gasteiger partial charge in [0.05, 0.1) is 5.56 Å². The van der Waals surface area contributed by atoms with Gasteiger partial charge < -0.3 is 23.7 Å². The Kier molecular flexibility index (Phi) is 8.79. The normalized spacial score (nSPS) is 9.94. The van der Waals surface area contributed by atoms with Crippen molar-refractivity contribution in [3.63, 3.8) is 0 Å². The van der Waals surface area contributed by atoms with Crippen LogP contribution in [0.1, 0.15) is 10.4 Å². The molecule has 35 heavy (non-hydrogen) atoms. The second-order valence-corrected chi connectivity index (χ2v) is 6.82. The molecule has 0 radical (unpaired) electrons. The average Bonchev–Trinajstić information content (AvgIpc) is 2.90. The van der Waals surface area contributed by atoms with Gasteiger partial charge in [0.1, 0.15) is 17.2 Å². The van der Waals surface area contributed by atoms with Crippen LogP contribution >= 0.6 is 0 Å². The van der Waals surface area contributed by atoms with Gasteiger partial charge in [0.2, 0.25) is 13.6 Å². The summed E-state index contributed by atoms with van der Waals surface area (Å²) in [6, 6.07) is 20.4. The van der Waals surface area contributed by atoms with Crippen LogP contribution in [0.3, 0.4) is 0 Å². The number of rotatable bonds is 11. The highest BCUT2D eigenvalue weighted by Gasteiger charge is 2.10. The average molecular weight is 474 g/mol. The Morgan fingerprint density at radius 2 is 1.00 bits per heavy atom. The summed E-state index contributed by atoms with van der Waals surface area (Å²) in [4.78, 5) is 34.5. The Labute approximate surface area is 202 Å². The van der Waals surface area contributed by atoms with Crippen LogP contribution in [-0.4, -0.2) is 31.5 Å². The van der Waals surface area contributed by atoms with Crippen molar-refractivity contribution in [3.05, 3.63) is 104 Å². The maximum absolute atomic E-state index is 12.5. The van der Waals surface area contributed by atoms with E-state index in [9.17, 15) is 14.4 Å².